The first-order valence-electron chi connectivity index (χ1n) is 6.08. The average molecular weight is 287 g/mol. The van der Waals surface area contributed by atoms with Crippen LogP contribution in [0.4, 0.5) is 0 Å². The van der Waals surface area contributed by atoms with E-state index in [1.165, 1.54) is 0 Å². The normalized spacial score (nSPS) is 10.8. The molecule has 0 aliphatic carbocycles. The number of aromatic nitrogens is 2. The molecule has 4 nitrogen and oxygen atoms in total. The molecule has 100 valence electrons. The number of carboxylic acid groups (broad SMARTS) is 1. The molecule has 0 fully saturated rings. The number of rotatable bonds is 3. The van der Waals surface area contributed by atoms with E-state index in [4.69, 9.17) is 16.7 Å². The number of aromatic carboxylic acids is 1. The average Bonchev–Trinajstić information content (AvgIpc) is 2.89. The molecule has 0 unspecified atom stereocenters. The maximum absolute atomic E-state index is 11.1. The molecular weight excluding hydrogens is 276 g/mol. The van der Waals surface area contributed by atoms with Crippen LogP contribution < -0.4 is 0 Å². The summed E-state index contributed by atoms with van der Waals surface area (Å²) in [6.45, 7) is 0. The fourth-order valence-corrected chi connectivity index (χ4v) is 2.29. The molecule has 3 aromatic rings. The Morgan fingerprint density at radius 1 is 1.25 bits per heavy atom. The van der Waals surface area contributed by atoms with E-state index in [0.717, 1.165) is 16.6 Å². The van der Waals surface area contributed by atoms with Crippen LogP contribution in [0.3, 0.4) is 0 Å². The second-order valence-corrected chi connectivity index (χ2v) is 4.94. The van der Waals surface area contributed by atoms with Crippen LogP contribution in [0.5, 0.6) is 0 Å². The molecule has 2 aromatic heterocycles. The van der Waals surface area contributed by atoms with Crippen LogP contribution in [0.2, 0.25) is 5.02 Å². The second kappa shape index (κ2) is 4.98. The topological polar surface area (TPSA) is 54.6 Å². The highest BCUT2D eigenvalue weighted by Crippen LogP contribution is 2.18. The third-order valence-corrected chi connectivity index (χ3v) is 3.36. The zero-order chi connectivity index (χ0) is 14.1. The van der Waals surface area contributed by atoms with Crippen LogP contribution in [-0.2, 0) is 6.42 Å². The Hall–Kier alpha value is -2.33. The number of fused-ring (bicyclic) bond motifs is 1. The van der Waals surface area contributed by atoms with Crippen molar-refractivity contribution in [3.8, 4) is 0 Å². The minimum absolute atomic E-state index is 0.0395. The molecule has 20 heavy (non-hydrogen) atoms. The van der Waals surface area contributed by atoms with Crippen molar-refractivity contribution >= 4 is 23.1 Å². The molecule has 1 N–H and O–H groups in total. The van der Waals surface area contributed by atoms with Gasteiger partial charge in [-0.15, -0.1) is 0 Å². The van der Waals surface area contributed by atoms with Crippen LogP contribution in [0, 0.1) is 0 Å². The summed E-state index contributed by atoms with van der Waals surface area (Å²) in [5.41, 5.74) is 2.94. The highest BCUT2D eigenvalue weighted by Gasteiger charge is 2.11. The third-order valence-electron chi connectivity index (χ3n) is 3.11. The van der Waals surface area contributed by atoms with Crippen LogP contribution >= 0.6 is 11.6 Å². The highest BCUT2D eigenvalue weighted by atomic mass is 35.5. The third kappa shape index (κ3) is 2.38. The first-order chi connectivity index (χ1) is 9.63. The molecule has 0 saturated carbocycles. The molecule has 0 amide bonds. The lowest BCUT2D eigenvalue weighted by Gasteiger charge is -2.07. The molecule has 0 spiro atoms. The summed E-state index contributed by atoms with van der Waals surface area (Å²) < 4.78 is 1.59. The summed E-state index contributed by atoms with van der Waals surface area (Å²) in [4.78, 5) is 11.1. The van der Waals surface area contributed by atoms with E-state index in [9.17, 15) is 4.79 Å². The number of carboxylic acids is 1. The van der Waals surface area contributed by atoms with Gasteiger partial charge >= 0.3 is 5.97 Å². The summed E-state index contributed by atoms with van der Waals surface area (Å²) in [6, 6.07) is 12.9. The SMILES string of the molecule is O=C(O)c1cc(Cc2ccc(Cl)cc2)c2cccn2n1. The van der Waals surface area contributed by atoms with E-state index in [1.54, 1.807) is 16.8 Å². The fraction of sp³-hybridized carbons (Fsp3) is 0.0667. The van der Waals surface area contributed by atoms with Crippen LogP contribution in [-0.4, -0.2) is 20.7 Å². The minimum Gasteiger partial charge on any atom is -0.476 e. The van der Waals surface area contributed by atoms with Crippen molar-refractivity contribution in [3.05, 3.63) is 70.5 Å². The van der Waals surface area contributed by atoms with Gasteiger partial charge in [-0.2, -0.15) is 5.10 Å². The predicted octanol–water partition coefficient (Wildman–Crippen LogP) is 3.28. The van der Waals surface area contributed by atoms with Crippen molar-refractivity contribution in [2.24, 2.45) is 0 Å². The maximum Gasteiger partial charge on any atom is 0.356 e. The van der Waals surface area contributed by atoms with Crippen LogP contribution in [0.25, 0.3) is 5.52 Å². The number of hydrogen-bond donors (Lipinski definition) is 1. The van der Waals surface area contributed by atoms with Gasteiger partial charge in [-0.25, -0.2) is 9.31 Å². The zero-order valence-corrected chi connectivity index (χ0v) is 11.2. The molecule has 0 aliphatic rings. The maximum atomic E-state index is 11.1. The molecule has 1 aromatic carbocycles. The van der Waals surface area contributed by atoms with Crippen LogP contribution in [0.15, 0.2) is 48.7 Å². The Balaban J connectivity index is 2.07. The number of nitrogens with zero attached hydrogens (tertiary/aromatic N) is 2. The Morgan fingerprint density at radius 3 is 2.70 bits per heavy atom. The van der Waals surface area contributed by atoms with Gasteiger partial charge in [-0.3, -0.25) is 0 Å². The smallest absolute Gasteiger partial charge is 0.356 e. The van der Waals surface area contributed by atoms with E-state index in [1.807, 2.05) is 36.4 Å². The summed E-state index contributed by atoms with van der Waals surface area (Å²) in [7, 11) is 0. The molecule has 3 rings (SSSR count). The molecule has 5 heteroatoms. The Morgan fingerprint density at radius 2 is 2.00 bits per heavy atom. The van der Waals surface area contributed by atoms with Gasteiger partial charge in [0.1, 0.15) is 0 Å². The summed E-state index contributed by atoms with van der Waals surface area (Å²) in [5.74, 6) is -1.03. The van der Waals surface area contributed by atoms with Crippen LogP contribution in [0.1, 0.15) is 21.6 Å². The van der Waals surface area contributed by atoms with Crippen molar-refractivity contribution < 1.29 is 9.90 Å². The van der Waals surface area contributed by atoms with Gasteiger partial charge in [0.05, 0.1) is 5.52 Å². The molecule has 2 heterocycles. The van der Waals surface area contributed by atoms with Gasteiger partial charge in [0.25, 0.3) is 0 Å². The summed E-state index contributed by atoms with van der Waals surface area (Å²) >= 11 is 5.87. The number of benzene rings is 1. The molecule has 0 radical (unpaired) electrons. The Kier molecular flexibility index (Phi) is 3.16. The Labute approximate surface area is 120 Å². The summed E-state index contributed by atoms with van der Waals surface area (Å²) in [5, 5.41) is 13.8. The van der Waals surface area contributed by atoms with Crippen molar-refractivity contribution in [1.29, 1.82) is 0 Å². The quantitative estimate of drug-likeness (QED) is 0.804. The van der Waals surface area contributed by atoms with Crippen molar-refractivity contribution in [2.45, 2.75) is 6.42 Å². The first-order valence-corrected chi connectivity index (χ1v) is 6.46. The summed E-state index contributed by atoms with van der Waals surface area (Å²) in [6.07, 6.45) is 2.38. The van der Waals surface area contributed by atoms with Gasteiger partial charge in [0.15, 0.2) is 5.69 Å². The molecule has 0 atom stereocenters. The van der Waals surface area contributed by atoms with E-state index in [-0.39, 0.29) is 5.69 Å². The lowest BCUT2D eigenvalue weighted by Crippen LogP contribution is -2.07. The van der Waals surface area contributed by atoms with E-state index in [0.29, 0.717) is 11.4 Å². The largest absolute Gasteiger partial charge is 0.476 e. The first kappa shape index (κ1) is 12.7. The lowest BCUT2D eigenvalue weighted by molar-refractivity contribution is 0.0688. The van der Waals surface area contributed by atoms with E-state index < -0.39 is 5.97 Å². The van der Waals surface area contributed by atoms with Gasteiger partial charge in [0, 0.05) is 11.2 Å². The van der Waals surface area contributed by atoms with Gasteiger partial charge < -0.3 is 5.11 Å². The van der Waals surface area contributed by atoms with E-state index >= 15 is 0 Å². The zero-order valence-electron chi connectivity index (χ0n) is 10.5. The second-order valence-electron chi connectivity index (χ2n) is 4.50. The Bertz CT molecular complexity index is 778. The molecule has 0 saturated heterocycles. The minimum atomic E-state index is -1.03. The van der Waals surface area contributed by atoms with Gasteiger partial charge in [-0.1, -0.05) is 23.7 Å². The lowest BCUT2D eigenvalue weighted by atomic mass is 10.0. The number of carbonyl (C=O) groups is 1. The number of hydrogen-bond acceptors (Lipinski definition) is 2. The van der Waals surface area contributed by atoms with Crippen molar-refractivity contribution in [3.63, 3.8) is 0 Å². The molecule has 0 bridgehead atoms. The van der Waals surface area contributed by atoms with Gasteiger partial charge in [-0.05, 0) is 47.9 Å². The standard InChI is InChI=1S/C15H11ClN2O2/c16-12-5-3-10(4-6-12)8-11-9-13(15(19)20)17-18-7-1-2-14(11)18/h1-7,9H,8H2,(H,19,20). The van der Waals surface area contributed by atoms with E-state index in [2.05, 4.69) is 5.10 Å². The molecular formula is C15H11ClN2O2. The monoisotopic (exact) mass is 286 g/mol. The van der Waals surface area contributed by atoms with Gasteiger partial charge in [0.2, 0.25) is 0 Å². The van der Waals surface area contributed by atoms with Crippen molar-refractivity contribution in [1.82, 2.24) is 9.61 Å². The van der Waals surface area contributed by atoms with Crippen molar-refractivity contribution in [2.75, 3.05) is 0 Å². The highest BCUT2D eigenvalue weighted by molar-refractivity contribution is 6.30. The number of halogens is 1. The predicted molar refractivity (Wildman–Crippen MR) is 76.4 cm³/mol. The fourth-order valence-electron chi connectivity index (χ4n) is 2.17. The molecule has 0 aliphatic heterocycles.